The van der Waals surface area contributed by atoms with Crippen molar-refractivity contribution in [2.75, 3.05) is 13.7 Å². The molecule has 5 nitrogen and oxygen atoms in total. The number of ether oxygens (including phenoxy) is 1. The zero-order valence-electron chi connectivity index (χ0n) is 11.1. The second-order valence-corrected chi connectivity index (χ2v) is 6.75. The van der Waals surface area contributed by atoms with Crippen LogP contribution in [0.4, 0.5) is 0 Å². The number of benzene rings is 1. The van der Waals surface area contributed by atoms with E-state index in [2.05, 4.69) is 0 Å². The molecule has 0 bridgehead atoms. The molecular formula is C14H15NO4S. The predicted octanol–water partition coefficient (Wildman–Crippen LogP) is 2.04. The Morgan fingerprint density at radius 3 is 2.90 bits per heavy atom. The van der Waals surface area contributed by atoms with Crippen molar-refractivity contribution in [3.63, 3.8) is 0 Å². The van der Waals surface area contributed by atoms with Gasteiger partial charge in [-0.25, -0.2) is 8.42 Å². The van der Waals surface area contributed by atoms with Crippen LogP contribution in [0.2, 0.25) is 0 Å². The van der Waals surface area contributed by atoms with E-state index in [1.807, 2.05) is 0 Å². The fraction of sp³-hybridized carbons (Fsp3) is 0.286. The SMILES string of the molecule is CN(Cc1ccco1)S(=O)(=O)c1ccc2c(c1)CCO2. The Bertz CT molecular complexity index is 707. The third-order valence-electron chi connectivity index (χ3n) is 3.33. The van der Waals surface area contributed by atoms with Crippen LogP contribution in [0.1, 0.15) is 11.3 Å². The minimum Gasteiger partial charge on any atom is -0.493 e. The molecule has 0 atom stereocenters. The van der Waals surface area contributed by atoms with Crippen molar-refractivity contribution >= 4 is 10.0 Å². The Labute approximate surface area is 117 Å². The lowest BCUT2D eigenvalue weighted by molar-refractivity contribution is 0.356. The van der Waals surface area contributed by atoms with Gasteiger partial charge in [0.1, 0.15) is 11.5 Å². The maximum Gasteiger partial charge on any atom is 0.243 e. The lowest BCUT2D eigenvalue weighted by Crippen LogP contribution is -2.26. The topological polar surface area (TPSA) is 59.8 Å². The third kappa shape index (κ3) is 2.32. The van der Waals surface area contributed by atoms with Crippen LogP contribution in [-0.2, 0) is 23.0 Å². The molecule has 0 N–H and O–H groups in total. The molecular weight excluding hydrogens is 278 g/mol. The summed E-state index contributed by atoms with van der Waals surface area (Å²) >= 11 is 0. The molecule has 0 amide bonds. The van der Waals surface area contributed by atoms with Gasteiger partial charge in [0.05, 0.1) is 24.3 Å². The number of fused-ring (bicyclic) bond motifs is 1. The van der Waals surface area contributed by atoms with E-state index in [-0.39, 0.29) is 11.4 Å². The lowest BCUT2D eigenvalue weighted by Gasteiger charge is -2.16. The van der Waals surface area contributed by atoms with Gasteiger partial charge in [-0.1, -0.05) is 0 Å². The van der Waals surface area contributed by atoms with Gasteiger partial charge in [0.15, 0.2) is 0 Å². The molecule has 3 rings (SSSR count). The first-order valence-corrected chi connectivity index (χ1v) is 7.76. The second-order valence-electron chi connectivity index (χ2n) is 4.71. The molecule has 0 saturated carbocycles. The van der Waals surface area contributed by atoms with Crippen LogP contribution < -0.4 is 4.74 Å². The number of sulfonamides is 1. The molecule has 6 heteroatoms. The Morgan fingerprint density at radius 2 is 2.15 bits per heavy atom. The molecule has 2 aromatic rings. The van der Waals surface area contributed by atoms with Crippen molar-refractivity contribution in [1.29, 1.82) is 0 Å². The summed E-state index contributed by atoms with van der Waals surface area (Å²) < 4.78 is 36.9. The first kappa shape index (κ1) is 13.2. The minimum absolute atomic E-state index is 0.211. The molecule has 1 aromatic heterocycles. The fourth-order valence-electron chi connectivity index (χ4n) is 2.21. The van der Waals surface area contributed by atoms with Gasteiger partial charge in [0.25, 0.3) is 0 Å². The molecule has 0 radical (unpaired) electrons. The van der Waals surface area contributed by atoms with Crippen molar-refractivity contribution < 1.29 is 17.6 Å². The highest BCUT2D eigenvalue weighted by molar-refractivity contribution is 7.89. The van der Waals surface area contributed by atoms with Crippen molar-refractivity contribution in [2.45, 2.75) is 17.9 Å². The monoisotopic (exact) mass is 293 g/mol. The summed E-state index contributed by atoms with van der Waals surface area (Å²) in [4.78, 5) is 0.288. The van der Waals surface area contributed by atoms with Crippen molar-refractivity contribution in [1.82, 2.24) is 4.31 Å². The van der Waals surface area contributed by atoms with Crippen LogP contribution in [0.3, 0.4) is 0 Å². The van der Waals surface area contributed by atoms with Crippen LogP contribution >= 0.6 is 0 Å². The van der Waals surface area contributed by atoms with Gasteiger partial charge in [0.2, 0.25) is 10.0 Å². The zero-order valence-corrected chi connectivity index (χ0v) is 11.9. The summed E-state index contributed by atoms with van der Waals surface area (Å²) in [6, 6.07) is 8.48. The predicted molar refractivity (Wildman–Crippen MR) is 73.0 cm³/mol. The summed E-state index contributed by atoms with van der Waals surface area (Å²) in [6.45, 7) is 0.823. The molecule has 0 unspecified atom stereocenters. The van der Waals surface area contributed by atoms with Crippen LogP contribution in [-0.4, -0.2) is 26.4 Å². The van der Waals surface area contributed by atoms with Crippen LogP contribution in [0, 0.1) is 0 Å². The molecule has 20 heavy (non-hydrogen) atoms. The largest absolute Gasteiger partial charge is 0.493 e. The van der Waals surface area contributed by atoms with E-state index in [0.717, 1.165) is 17.7 Å². The number of hydrogen-bond donors (Lipinski definition) is 0. The number of hydrogen-bond acceptors (Lipinski definition) is 4. The van der Waals surface area contributed by atoms with Gasteiger partial charge in [0, 0.05) is 13.5 Å². The summed E-state index contributed by atoms with van der Waals surface area (Å²) in [6.07, 6.45) is 2.28. The molecule has 0 aliphatic carbocycles. The van der Waals surface area contributed by atoms with Gasteiger partial charge < -0.3 is 9.15 Å². The van der Waals surface area contributed by atoms with Crippen LogP contribution in [0.25, 0.3) is 0 Å². The Morgan fingerprint density at radius 1 is 1.30 bits per heavy atom. The first-order chi connectivity index (χ1) is 9.57. The standard InChI is InChI=1S/C14H15NO4S/c1-15(10-12-3-2-7-18-12)20(16,17)13-4-5-14-11(9-13)6-8-19-14/h2-5,7,9H,6,8,10H2,1H3. The maximum absolute atomic E-state index is 12.5. The van der Waals surface area contributed by atoms with Gasteiger partial charge in [-0.15, -0.1) is 0 Å². The molecule has 1 aromatic carbocycles. The number of rotatable bonds is 4. The maximum atomic E-state index is 12.5. The molecule has 1 aliphatic heterocycles. The number of furan rings is 1. The second kappa shape index (κ2) is 4.96. The summed E-state index contributed by atoms with van der Waals surface area (Å²) in [5.41, 5.74) is 0.942. The van der Waals surface area contributed by atoms with Crippen molar-refractivity contribution in [3.05, 3.63) is 47.9 Å². The van der Waals surface area contributed by atoms with E-state index < -0.39 is 10.0 Å². The smallest absolute Gasteiger partial charge is 0.243 e. The summed E-state index contributed by atoms with van der Waals surface area (Å²) in [7, 11) is -1.98. The molecule has 106 valence electrons. The highest BCUT2D eigenvalue weighted by Crippen LogP contribution is 2.28. The molecule has 2 heterocycles. The first-order valence-electron chi connectivity index (χ1n) is 6.32. The number of nitrogens with zero attached hydrogens (tertiary/aromatic N) is 1. The van der Waals surface area contributed by atoms with E-state index in [0.29, 0.717) is 12.4 Å². The Kier molecular flexibility index (Phi) is 3.27. The van der Waals surface area contributed by atoms with Gasteiger partial charge in [-0.3, -0.25) is 0 Å². The van der Waals surface area contributed by atoms with E-state index in [1.54, 1.807) is 37.4 Å². The van der Waals surface area contributed by atoms with E-state index in [9.17, 15) is 8.42 Å². The highest BCUT2D eigenvalue weighted by Gasteiger charge is 2.24. The average molecular weight is 293 g/mol. The summed E-state index contributed by atoms with van der Waals surface area (Å²) in [5, 5.41) is 0. The minimum atomic E-state index is -3.52. The molecule has 1 aliphatic rings. The van der Waals surface area contributed by atoms with E-state index in [1.165, 1.54) is 10.6 Å². The fourth-order valence-corrected chi connectivity index (χ4v) is 3.40. The van der Waals surface area contributed by atoms with Gasteiger partial charge in [-0.2, -0.15) is 4.31 Å². The van der Waals surface area contributed by atoms with Crippen LogP contribution in [0.15, 0.2) is 45.9 Å². The summed E-state index contributed by atoms with van der Waals surface area (Å²) in [5.74, 6) is 1.39. The normalized spacial score (nSPS) is 14.3. The lowest BCUT2D eigenvalue weighted by atomic mass is 10.2. The van der Waals surface area contributed by atoms with Gasteiger partial charge >= 0.3 is 0 Å². The zero-order chi connectivity index (χ0) is 14.2. The van der Waals surface area contributed by atoms with Crippen molar-refractivity contribution in [2.24, 2.45) is 0 Å². The third-order valence-corrected chi connectivity index (χ3v) is 5.13. The Balaban J connectivity index is 1.87. The van der Waals surface area contributed by atoms with E-state index >= 15 is 0 Å². The molecule has 0 saturated heterocycles. The van der Waals surface area contributed by atoms with Gasteiger partial charge in [-0.05, 0) is 35.9 Å². The van der Waals surface area contributed by atoms with Crippen molar-refractivity contribution in [3.8, 4) is 5.75 Å². The molecule has 0 fully saturated rings. The average Bonchev–Trinajstić information content (AvgIpc) is 3.07. The van der Waals surface area contributed by atoms with Crippen LogP contribution in [0.5, 0.6) is 5.75 Å². The molecule has 0 spiro atoms. The Hall–Kier alpha value is -1.79. The van der Waals surface area contributed by atoms with E-state index in [4.69, 9.17) is 9.15 Å². The highest BCUT2D eigenvalue weighted by atomic mass is 32.2. The quantitative estimate of drug-likeness (QED) is 0.865.